The summed E-state index contributed by atoms with van der Waals surface area (Å²) in [5.41, 5.74) is 5.53. The zero-order chi connectivity index (χ0) is 12.0. The van der Waals surface area contributed by atoms with Crippen molar-refractivity contribution in [1.82, 2.24) is 9.80 Å². The summed E-state index contributed by atoms with van der Waals surface area (Å²) in [7, 11) is 2.15. The first-order valence-corrected chi connectivity index (χ1v) is 6.41. The number of likely N-dealkylation sites (N-methyl/N-ethyl adjacent to an activating group) is 1. The molecule has 1 heterocycles. The predicted molar refractivity (Wildman–Crippen MR) is 81.9 cm³/mol. The van der Waals surface area contributed by atoms with Crippen molar-refractivity contribution >= 4 is 24.8 Å². The Bertz CT molecular complexity index is 188. The number of rotatable bonds is 6. The maximum absolute atomic E-state index is 9.32. The third kappa shape index (κ3) is 8.51. The molecule has 0 bridgehead atoms. The van der Waals surface area contributed by atoms with Gasteiger partial charge in [-0.2, -0.15) is 0 Å². The molecule has 6 heteroatoms. The molecule has 1 atom stereocenters. The Morgan fingerprint density at radius 2 is 1.89 bits per heavy atom. The Kier molecular flexibility index (Phi) is 13.0. The molecule has 0 radical (unpaired) electrons. The Morgan fingerprint density at radius 3 is 2.33 bits per heavy atom. The van der Waals surface area contributed by atoms with Crippen LogP contribution in [0.15, 0.2) is 0 Å². The van der Waals surface area contributed by atoms with Crippen molar-refractivity contribution in [3.8, 4) is 0 Å². The van der Waals surface area contributed by atoms with Gasteiger partial charge in [-0.15, -0.1) is 24.8 Å². The van der Waals surface area contributed by atoms with E-state index in [2.05, 4.69) is 16.8 Å². The number of piperidine rings is 1. The van der Waals surface area contributed by atoms with Crippen LogP contribution in [0.5, 0.6) is 0 Å². The highest BCUT2D eigenvalue weighted by Gasteiger charge is 2.20. The van der Waals surface area contributed by atoms with Gasteiger partial charge in [0.1, 0.15) is 0 Å². The predicted octanol–water partition coefficient (Wildman–Crippen LogP) is 0.813. The summed E-state index contributed by atoms with van der Waals surface area (Å²) in [6, 6.07) is 0. The fourth-order valence-corrected chi connectivity index (χ4v) is 2.48. The third-order valence-corrected chi connectivity index (χ3v) is 3.31. The maximum atomic E-state index is 9.32. The molecule has 1 unspecified atom stereocenters. The van der Waals surface area contributed by atoms with E-state index >= 15 is 0 Å². The molecule has 0 spiro atoms. The Balaban J connectivity index is 0. The normalized spacial score (nSPS) is 19.2. The van der Waals surface area contributed by atoms with Gasteiger partial charge in [0.2, 0.25) is 0 Å². The minimum Gasteiger partial charge on any atom is -0.392 e. The lowest BCUT2D eigenvalue weighted by atomic mass is 9.96. The molecule has 112 valence electrons. The fourth-order valence-electron chi connectivity index (χ4n) is 2.48. The van der Waals surface area contributed by atoms with E-state index in [1.54, 1.807) is 0 Å². The molecule has 4 nitrogen and oxygen atoms in total. The van der Waals surface area contributed by atoms with Crippen molar-refractivity contribution in [1.29, 1.82) is 0 Å². The van der Waals surface area contributed by atoms with Gasteiger partial charge in [0.25, 0.3) is 0 Å². The number of nitrogens with two attached hydrogens (primary N) is 1. The number of β-amino-alcohol motifs (C(OH)–C–C–N with tert-alkyl or cyclic N) is 1. The molecule has 0 amide bonds. The topological polar surface area (TPSA) is 52.7 Å². The number of aliphatic hydroxyl groups is 1. The monoisotopic (exact) mass is 301 g/mol. The van der Waals surface area contributed by atoms with Gasteiger partial charge in [-0.05, 0) is 45.8 Å². The van der Waals surface area contributed by atoms with E-state index in [1.165, 1.54) is 19.4 Å². The first-order valence-electron chi connectivity index (χ1n) is 6.41. The molecule has 1 fully saturated rings. The highest BCUT2D eigenvalue weighted by molar-refractivity contribution is 5.85. The van der Waals surface area contributed by atoms with Crippen molar-refractivity contribution in [2.75, 3.05) is 46.3 Å². The summed E-state index contributed by atoms with van der Waals surface area (Å²) in [6.07, 6.45) is 2.31. The van der Waals surface area contributed by atoms with Crippen LogP contribution < -0.4 is 5.73 Å². The standard InChI is InChI=1S/C12H27N3O.2ClH/c1-11(16)9-15-6-3-12(4-7-15)10-14(2)8-5-13;;/h11-12,16H,3-10,13H2,1-2H3;2*1H. The largest absolute Gasteiger partial charge is 0.392 e. The molecule has 0 aliphatic carbocycles. The van der Waals surface area contributed by atoms with Crippen LogP contribution in [0.25, 0.3) is 0 Å². The lowest BCUT2D eigenvalue weighted by molar-refractivity contribution is 0.0928. The van der Waals surface area contributed by atoms with Crippen molar-refractivity contribution in [3.05, 3.63) is 0 Å². The Morgan fingerprint density at radius 1 is 1.33 bits per heavy atom. The van der Waals surface area contributed by atoms with Crippen molar-refractivity contribution in [3.63, 3.8) is 0 Å². The average Bonchev–Trinajstić information content (AvgIpc) is 2.20. The second-order valence-corrected chi connectivity index (χ2v) is 5.14. The van der Waals surface area contributed by atoms with Gasteiger partial charge in [-0.3, -0.25) is 0 Å². The van der Waals surface area contributed by atoms with Crippen LogP contribution in [-0.4, -0.2) is 67.3 Å². The summed E-state index contributed by atoms with van der Waals surface area (Å²) >= 11 is 0. The average molecular weight is 302 g/mol. The van der Waals surface area contributed by atoms with Crippen LogP contribution in [0.1, 0.15) is 19.8 Å². The van der Waals surface area contributed by atoms with Gasteiger partial charge in [-0.25, -0.2) is 0 Å². The lowest BCUT2D eigenvalue weighted by Gasteiger charge is -2.34. The first-order chi connectivity index (χ1) is 7.61. The van der Waals surface area contributed by atoms with E-state index in [1.807, 2.05) is 6.92 Å². The molecule has 3 N–H and O–H groups in total. The van der Waals surface area contributed by atoms with Gasteiger partial charge in [0.15, 0.2) is 0 Å². The van der Waals surface area contributed by atoms with Crippen molar-refractivity contribution in [2.24, 2.45) is 11.7 Å². The highest BCUT2D eigenvalue weighted by atomic mass is 35.5. The van der Waals surface area contributed by atoms with Crippen LogP contribution in [0.3, 0.4) is 0 Å². The van der Waals surface area contributed by atoms with Crippen LogP contribution in [0, 0.1) is 5.92 Å². The van der Waals surface area contributed by atoms with Crippen LogP contribution in [-0.2, 0) is 0 Å². The zero-order valence-corrected chi connectivity index (χ0v) is 13.2. The quantitative estimate of drug-likeness (QED) is 0.762. The first kappa shape index (κ1) is 20.7. The molecule has 1 saturated heterocycles. The molecular formula is C12H29Cl2N3O. The van der Waals surface area contributed by atoms with Gasteiger partial charge < -0.3 is 20.6 Å². The summed E-state index contributed by atoms with van der Waals surface area (Å²) in [4.78, 5) is 4.69. The number of nitrogens with zero attached hydrogens (tertiary/aromatic N) is 2. The molecule has 0 aromatic heterocycles. The highest BCUT2D eigenvalue weighted by Crippen LogP contribution is 2.17. The minimum absolute atomic E-state index is 0. The van der Waals surface area contributed by atoms with Gasteiger partial charge in [0.05, 0.1) is 6.10 Å². The van der Waals surface area contributed by atoms with Crippen molar-refractivity contribution < 1.29 is 5.11 Å². The zero-order valence-electron chi connectivity index (χ0n) is 11.5. The van der Waals surface area contributed by atoms with Gasteiger partial charge in [0, 0.05) is 26.2 Å². The number of hydrogen-bond donors (Lipinski definition) is 2. The smallest absolute Gasteiger partial charge is 0.0639 e. The summed E-state index contributed by atoms with van der Waals surface area (Å²) in [5, 5.41) is 9.32. The summed E-state index contributed by atoms with van der Waals surface area (Å²) in [5.74, 6) is 0.807. The number of aliphatic hydroxyl groups excluding tert-OH is 1. The molecule has 0 aromatic rings. The molecule has 1 rings (SSSR count). The second kappa shape index (κ2) is 11.3. The number of likely N-dealkylation sites (tertiary alicyclic amines) is 1. The SMILES string of the molecule is CC(O)CN1CCC(CN(C)CCN)CC1.Cl.Cl. The second-order valence-electron chi connectivity index (χ2n) is 5.14. The van der Waals surface area contributed by atoms with E-state index in [9.17, 15) is 5.11 Å². The fraction of sp³-hybridized carbons (Fsp3) is 1.00. The van der Waals surface area contributed by atoms with Crippen LogP contribution in [0.2, 0.25) is 0 Å². The van der Waals surface area contributed by atoms with E-state index < -0.39 is 0 Å². The van der Waals surface area contributed by atoms with E-state index in [4.69, 9.17) is 5.73 Å². The molecule has 1 aliphatic rings. The third-order valence-electron chi connectivity index (χ3n) is 3.31. The van der Waals surface area contributed by atoms with E-state index in [-0.39, 0.29) is 30.9 Å². The lowest BCUT2D eigenvalue weighted by Crippen LogP contribution is -2.41. The number of halogens is 2. The van der Waals surface area contributed by atoms with E-state index in [0.717, 1.165) is 38.6 Å². The maximum Gasteiger partial charge on any atom is 0.0639 e. The molecule has 0 aromatic carbocycles. The van der Waals surface area contributed by atoms with Gasteiger partial charge in [-0.1, -0.05) is 0 Å². The Labute approximate surface area is 124 Å². The summed E-state index contributed by atoms with van der Waals surface area (Å²) < 4.78 is 0. The molecule has 0 saturated carbocycles. The molecular weight excluding hydrogens is 273 g/mol. The Hall–Kier alpha value is 0.420. The van der Waals surface area contributed by atoms with Crippen molar-refractivity contribution in [2.45, 2.75) is 25.9 Å². The molecule has 1 aliphatic heterocycles. The number of hydrogen-bond acceptors (Lipinski definition) is 4. The summed E-state index contributed by atoms with van der Waals surface area (Å²) in [6.45, 7) is 7.86. The van der Waals surface area contributed by atoms with Crippen LogP contribution in [0.4, 0.5) is 0 Å². The van der Waals surface area contributed by atoms with E-state index in [0.29, 0.717) is 0 Å². The molecule has 18 heavy (non-hydrogen) atoms. The van der Waals surface area contributed by atoms with Crippen LogP contribution >= 0.6 is 24.8 Å². The minimum atomic E-state index is -0.198. The van der Waals surface area contributed by atoms with Gasteiger partial charge >= 0.3 is 0 Å².